The lowest BCUT2D eigenvalue weighted by atomic mass is 10.0. The maximum absolute atomic E-state index is 12.4. The number of nitrogens with one attached hydrogen (secondary N) is 1. The average molecular weight is 316 g/mol. The maximum atomic E-state index is 12.4. The fraction of sp³-hybridized carbons (Fsp3) is 0.545. The predicted molar refractivity (Wildman–Crippen MR) is 76.2 cm³/mol. The number of nitrogens with zero attached hydrogens (tertiary/aromatic N) is 2. The van der Waals surface area contributed by atoms with Crippen molar-refractivity contribution >= 4 is 32.1 Å². The van der Waals surface area contributed by atoms with Gasteiger partial charge in [0, 0.05) is 24.7 Å². The molecule has 0 spiro atoms. The summed E-state index contributed by atoms with van der Waals surface area (Å²) in [5, 5.41) is 1.79. The zero-order valence-electron chi connectivity index (χ0n) is 10.8. The second kappa shape index (κ2) is 5.32. The molecule has 110 valence electrons. The lowest BCUT2D eigenvalue weighted by Crippen LogP contribution is -2.34. The van der Waals surface area contributed by atoms with Crippen LogP contribution in [0.5, 0.6) is 0 Å². The molecular weight excluding hydrogens is 300 g/mol. The minimum atomic E-state index is -3.67. The van der Waals surface area contributed by atoms with Crippen LogP contribution in [0.25, 0.3) is 4.96 Å². The van der Waals surface area contributed by atoms with Gasteiger partial charge in [0.05, 0.1) is 6.61 Å². The molecule has 0 radical (unpaired) electrons. The monoisotopic (exact) mass is 316 g/mol. The first kappa shape index (κ1) is 13.8. The van der Waals surface area contributed by atoms with Crippen molar-refractivity contribution in [3.05, 3.63) is 11.6 Å². The van der Waals surface area contributed by atoms with E-state index in [0.717, 1.165) is 19.4 Å². The van der Waals surface area contributed by atoms with E-state index >= 15 is 0 Å². The van der Waals surface area contributed by atoms with Crippen LogP contribution in [0.4, 0.5) is 5.82 Å². The van der Waals surface area contributed by atoms with Crippen LogP contribution in [0.1, 0.15) is 12.8 Å². The Morgan fingerprint density at radius 1 is 1.60 bits per heavy atom. The summed E-state index contributed by atoms with van der Waals surface area (Å²) in [5.41, 5.74) is 5.72. The molecule has 0 amide bonds. The SMILES string of the molecule is Nc1nc2sccn2c1S(=O)(=O)NCC1CCCOC1. The van der Waals surface area contributed by atoms with Gasteiger partial charge in [0.1, 0.15) is 0 Å². The van der Waals surface area contributed by atoms with Gasteiger partial charge < -0.3 is 10.5 Å². The Morgan fingerprint density at radius 2 is 2.45 bits per heavy atom. The third kappa shape index (κ3) is 2.53. The fourth-order valence-corrected chi connectivity index (χ4v) is 4.41. The standard InChI is InChI=1S/C11H16N4O3S2/c12-9-10(15-3-5-19-11(15)14-9)20(16,17)13-6-8-2-1-4-18-7-8/h3,5,8,13H,1-2,4,6-7,12H2. The minimum absolute atomic E-state index is 0.0190. The van der Waals surface area contributed by atoms with Crippen LogP contribution in [0, 0.1) is 5.92 Å². The zero-order chi connectivity index (χ0) is 14.2. The van der Waals surface area contributed by atoms with E-state index in [4.69, 9.17) is 10.5 Å². The third-order valence-electron chi connectivity index (χ3n) is 3.31. The quantitative estimate of drug-likeness (QED) is 0.864. The van der Waals surface area contributed by atoms with E-state index in [1.807, 2.05) is 0 Å². The van der Waals surface area contributed by atoms with Gasteiger partial charge >= 0.3 is 0 Å². The normalized spacial score (nSPS) is 20.5. The Labute approximate surface area is 120 Å². The van der Waals surface area contributed by atoms with Gasteiger partial charge in [0.2, 0.25) is 0 Å². The van der Waals surface area contributed by atoms with Crippen LogP contribution < -0.4 is 10.5 Å². The molecule has 0 bridgehead atoms. The Bertz CT molecular complexity index is 700. The van der Waals surface area contributed by atoms with Gasteiger partial charge in [-0.3, -0.25) is 4.40 Å². The summed E-state index contributed by atoms with van der Waals surface area (Å²) in [7, 11) is -3.67. The van der Waals surface area contributed by atoms with Crippen molar-refractivity contribution in [1.82, 2.24) is 14.1 Å². The number of anilines is 1. The number of hydrogen-bond acceptors (Lipinski definition) is 6. The molecule has 9 heteroatoms. The van der Waals surface area contributed by atoms with Gasteiger partial charge in [-0.2, -0.15) is 0 Å². The van der Waals surface area contributed by atoms with Crippen LogP contribution in [0.15, 0.2) is 16.6 Å². The van der Waals surface area contributed by atoms with Crippen LogP contribution in [-0.4, -0.2) is 37.6 Å². The molecule has 2 aromatic rings. The second-order valence-corrected chi connectivity index (χ2v) is 7.35. The van der Waals surface area contributed by atoms with Crippen molar-refractivity contribution in [1.29, 1.82) is 0 Å². The molecule has 0 aliphatic carbocycles. The van der Waals surface area contributed by atoms with Crippen LogP contribution in [0.3, 0.4) is 0 Å². The summed E-state index contributed by atoms with van der Waals surface area (Å²) in [5.74, 6) is 0.245. The van der Waals surface area contributed by atoms with Gasteiger partial charge in [0.15, 0.2) is 15.8 Å². The highest BCUT2D eigenvalue weighted by Crippen LogP contribution is 2.23. The van der Waals surface area contributed by atoms with E-state index in [1.54, 1.807) is 11.6 Å². The molecule has 20 heavy (non-hydrogen) atoms. The molecule has 0 aromatic carbocycles. The van der Waals surface area contributed by atoms with Gasteiger partial charge in [-0.25, -0.2) is 18.1 Å². The molecule has 3 N–H and O–H groups in total. The molecule has 1 fully saturated rings. The summed E-state index contributed by atoms with van der Waals surface area (Å²) in [6.07, 6.45) is 3.59. The highest BCUT2D eigenvalue weighted by Gasteiger charge is 2.25. The van der Waals surface area contributed by atoms with Crippen molar-refractivity contribution in [2.24, 2.45) is 5.92 Å². The Morgan fingerprint density at radius 3 is 3.20 bits per heavy atom. The number of rotatable bonds is 4. The van der Waals surface area contributed by atoms with Crippen LogP contribution >= 0.6 is 11.3 Å². The summed E-state index contributed by atoms with van der Waals surface area (Å²) >= 11 is 1.34. The second-order valence-electron chi connectivity index (χ2n) is 4.79. The molecule has 1 aliphatic rings. The number of aromatic nitrogens is 2. The summed E-state index contributed by atoms with van der Waals surface area (Å²) in [6.45, 7) is 1.71. The Balaban J connectivity index is 1.80. The molecule has 1 unspecified atom stereocenters. The molecule has 7 nitrogen and oxygen atoms in total. The van der Waals surface area contributed by atoms with E-state index < -0.39 is 10.0 Å². The van der Waals surface area contributed by atoms with Crippen molar-refractivity contribution in [3.63, 3.8) is 0 Å². The Kier molecular flexibility index (Phi) is 3.67. The lowest BCUT2D eigenvalue weighted by Gasteiger charge is -2.22. The molecule has 3 heterocycles. The highest BCUT2D eigenvalue weighted by molar-refractivity contribution is 7.89. The summed E-state index contributed by atoms with van der Waals surface area (Å²) in [6, 6.07) is 0. The van der Waals surface area contributed by atoms with E-state index in [-0.39, 0.29) is 16.8 Å². The number of nitrogens with two attached hydrogens (primary N) is 1. The molecule has 3 rings (SSSR count). The molecule has 0 saturated carbocycles. The number of imidazole rings is 1. The molecular formula is C11H16N4O3S2. The van der Waals surface area contributed by atoms with Crippen LogP contribution in [-0.2, 0) is 14.8 Å². The maximum Gasteiger partial charge on any atom is 0.260 e. The molecule has 1 aliphatic heterocycles. The highest BCUT2D eigenvalue weighted by atomic mass is 32.2. The van der Waals surface area contributed by atoms with Crippen LogP contribution in [0.2, 0.25) is 0 Å². The van der Waals surface area contributed by atoms with Crippen molar-refractivity contribution in [2.75, 3.05) is 25.5 Å². The number of nitrogen functional groups attached to an aromatic ring is 1. The average Bonchev–Trinajstić information content (AvgIpc) is 2.97. The zero-order valence-corrected chi connectivity index (χ0v) is 12.4. The van der Waals surface area contributed by atoms with Gasteiger partial charge in [-0.15, -0.1) is 11.3 Å². The van der Waals surface area contributed by atoms with Gasteiger partial charge in [-0.05, 0) is 18.8 Å². The van der Waals surface area contributed by atoms with Gasteiger partial charge in [0.25, 0.3) is 10.0 Å². The van der Waals surface area contributed by atoms with E-state index in [2.05, 4.69) is 9.71 Å². The smallest absolute Gasteiger partial charge is 0.260 e. The lowest BCUT2D eigenvalue weighted by molar-refractivity contribution is 0.0568. The number of thiazole rings is 1. The summed E-state index contributed by atoms with van der Waals surface area (Å²) in [4.78, 5) is 4.62. The molecule has 1 saturated heterocycles. The number of ether oxygens (including phenoxy) is 1. The first-order valence-corrected chi connectivity index (χ1v) is 8.72. The minimum Gasteiger partial charge on any atom is -0.381 e. The number of hydrogen-bond donors (Lipinski definition) is 2. The van der Waals surface area contributed by atoms with E-state index in [0.29, 0.717) is 18.1 Å². The number of sulfonamides is 1. The van der Waals surface area contributed by atoms with Gasteiger partial charge in [-0.1, -0.05) is 0 Å². The Hall–Kier alpha value is -1.16. The fourth-order valence-electron chi connectivity index (χ4n) is 2.31. The molecule has 2 aromatic heterocycles. The van der Waals surface area contributed by atoms with E-state index in [9.17, 15) is 8.42 Å². The van der Waals surface area contributed by atoms with E-state index in [1.165, 1.54) is 15.7 Å². The van der Waals surface area contributed by atoms with Crippen molar-refractivity contribution in [3.8, 4) is 0 Å². The first-order valence-electron chi connectivity index (χ1n) is 6.36. The number of fused-ring (bicyclic) bond motifs is 1. The molecule has 1 atom stereocenters. The topological polar surface area (TPSA) is 98.7 Å². The largest absolute Gasteiger partial charge is 0.381 e. The summed E-state index contributed by atoms with van der Waals surface area (Å²) < 4.78 is 34.2. The first-order chi connectivity index (χ1) is 9.58. The third-order valence-corrected chi connectivity index (χ3v) is 5.53. The van der Waals surface area contributed by atoms with Crippen molar-refractivity contribution in [2.45, 2.75) is 17.9 Å². The van der Waals surface area contributed by atoms with Crippen molar-refractivity contribution < 1.29 is 13.2 Å². The predicted octanol–water partition coefficient (Wildman–Crippen LogP) is 0.683.